The van der Waals surface area contributed by atoms with Crippen LogP contribution in [0.1, 0.15) is 0 Å². The maximum Gasteiger partial charge on any atom is 0.260 e. The fourth-order valence-electron chi connectivity index (χ4n) is 0.838. The summed E-state index contributed by atoms with van der Waals surface area (Å²) in [6, 6.07) is 0. The van der Waals surface area contributed by atoms with Crippen molar-refractivity contribution in [2.75, 3.05) is 5.73 Å². The first kappa shape index (κ1) is 5.28. The maximum atomic E-state index is 5.41. The van der Waals surface area contributed by atoms with Crippen LogP contribution in [0.15, 0.2) is 10.9 Å². The summed E-state index contributed by atoms with van der Waals surface area (Å²) >= 11 is 0. The molecule has 0 saturated heterocycles. The first-order valence-electron chi connectivity index (χ1n) is 2.81. The fourth-order valence-corrected chi connectivity index (χ4v) is 0.838. The molecule has 0 atom stereocenters. The van der Waals surface area contributed by atoms with Crippen molar-refractivity contribution in [3.05, 3.63) is 6.33 Å². The van der Waals surface area contributed by atoms with E-state index < -0.39 is 0 Å². The van der Waals surface area contributed by atoms with E-state index in [1.54, 1.807) is 10.9 Å². The zero-order chi connectivity index (χ0) is 7.14. The lowest BCUT2D eigenvalue weighted by Crippen LogP contribution is -1.83. The van der Waals surface area contributed by atoms with Crippen molar-refractivity contribution in [1.29, 1.82) is 0 Å². The van der Waals surface area contributed by atoms with Gasteiger partial charge in [-0.25, -0.2) is 4.98 Å². The molecule has 0 amide bonds. The van der Waals surface area contributed by atoms with Crippen LogP contribution in [-0.2, 0) is 7.05 Å². The number of nitrogen functional groups attached to an aromatic ring is 1. The number of aryl methyl sites for hydroxylation is 1. The van der Waals surface area contributed by atoms with E-state index in [9.17, 15) is 0 Å². The van der Waals surface area contributed by atoms with E-state index in [0.29, 0.717) is 17.0 Å². The highest BCUT2D eigenvalue weighted by Crippen LogP contribution is 2.16. The number of hydrogen-bond donors (Lipinski definition) is 1. The third-order valence-corrected chi connectivity index (χ3v) is 1.36. The molecule has 2 rings (SSSR count). The average Bonchev–Trinajstić information content (AvgIpc) is 2.41. The SMILES string of the molecule is Cn1cnc2c(N)noc21. The summed E-state index contributed by atoms with van der Waals surface area (Å²) in [6.07, 6.45) is 1.63. The molecule has 0 saturated carbocycles. The Hall–Kier alpha value is -1.52. The van der Waals surface area contributed by atoms with Gasteiger partial charge in [0, 0.05) is 7.05 Å². The smallest absolute Gasteiger partial charge is 0.260 e. The molecule has 10 heavy (non-hydrogen) atoms. The van der Waals surface area contributed by atoms with Crippen molar-refractivity contribution in [2.24, 2.45) is 7.05 Å². The number of anilines is 1. The molecule has 0 fully saturated rings. The molecule has 0 aliphatic rings. The highest BCUT2D eigenvalue weighted by Gasteiger charge is 2.08. The van der Waals surface area contributed by atoms with Crippen molar-refractivity contribution in [2.45, 2.75) is 0 Å². The van der Waals surface area contributed by atoms with Gasteiger partial charge < -0.3 is 14.8 Å². The summed E-state index contributed by atoms with van der Waals surface area (Å²) in [6.45, 7) is 0. The van der Waals surface area contributed by atoms with E-state index in [4.69, 9.17) is 10.3 Å². The largest absolute Gasteiger partial charge is 0.379 e. The van der Waals surface area contributed by atoms with Crippen molar-refractivity contribution in [3.8, 4) is 0 Å². The van der Waals surface area contributed by atoms with Crippen LogP contribution in [0.4, 0.5) is 5.82 Å². The molecule has 2 aromatic heterocycles. The Kier molecular flexibility index (Phi) is 0.791. The topological polar surface area (TPSA) is 69.9 Å². The van der Waals surface area contributed by atoms with E-state index in [1.165, 1.54) is 0 Å². The maximum absolute atomic E-state index is 5.41. The molecule has 0 aliphatic heterocycles. The first-order valence-corrected chi connectivity index (χ1v) is 2.81. The van der Waals surface area contributed by atoms with Gasteiger partial charge in [-0.05, 0) is 0 Å². The van der Waals surface area contributed by atoms with Gasteiger partial charge in [-0.2, -0.15) is 0 Å². The molecule has 0 radical (unpaired) electrons. The number of imidazole rings is 1. The molecule has 0 aliphatic carbocycles. The summed E-state index contributed by atoms with van der Waals surface area (Å²) in [5, 5.41) is 3.54. The first-order chi connectivity index (χ1) is 4.79. The molecule has 0 bridgehead atoms. The summed E-state index contributed by atoms with van der Waals surface area (Å²) in [4.78, 5) is 3.96. The predicted molar refractivity (Wildman–Crippen MR) is 35.2 cm³/mol. The Morgan fingerprint density at radius 1 is 1.70 bits per heavy atom. The van der Waals surface area contributed by atoms with Gasteiger partial charge in [0.2, 0.25) is 0 Å². The third-order valence-electron chi connectivity index (χ3n) is 1.36. The van der Waals surface area contributed by atoms with Crippen LogP contribution in [0.25, 0.3) is 11.2 Å². The molecule has 0 spiro atoms. The van der Waals surface area contributed by atoms with Crippen molar-refractivity contribution < 1.29 is 4.52 Å². The van der Waals surface area contributed by atoms with Crippen LogP contribution >= 0.6 is 0 Å². The van der Waals surface area contributed by atoms with Crippen molar-refractivity contribution in [3.63, 3.8) is 0 Å². The molecular weight excluding hydrogens is 132 g/mol. The van der Waals surface area contributed by atoms with E-state index in [2.05, 4.69) is 10.1 Å². The van der Waals surface area contributed by atoms with Gasteiger partial charge in [0.05, 0.1) is 6.33 Å². The van der Waals surface area contributed by atoms with Gasteiger partial charge in [0.25, 0.3) is 5.71 Å². The lowest BCUT2D eigenvalue weighted by molar-refractivity contribution is 0.443. The third kappa shape index (κ3) is 0.464. The van der Waals surface area contributed by atoms with Crippen LogP contribution in [0.3, 0.4) is 0 Å². The molecule has 2 aromatic rings. The summed E-state index contributed by atoms with van der Waals surface area (Å²) in [5.41, 5.74) is 6.64. The van der Waals surface area contributed by atoms with E-state index >= 15 is 0 Å². The molecule has 5 heteroatoms. The highest BCUT2D eigenvalue weighted by atomic mass is 16.5. The van der Waals surface area contributed by atoms with Gasteiger partial charge in [-0.15, -0.1) is 0 Å². The van der Waals surface area contributed by atoms with Gasteiger partial charge in [0.15, 0.2) is 11.3 Å². The lowest BCUT2D eigenvalue weighted by atomic mass is 10.6. The zero-order valence-corrected chi connectivity index (χ0v) is 5.40. The Morgan fingerprint density at radius 3 is 3.20 bits per heavy atom. The Bertz CT molecular complexity index is 324. The molecule has 2 heterocycles. The molecule has 5 nitrogen and oxygen atoms in total. The number of rotatable bonds is 0. The second kappa shape index (κ2) is 1.50. The quantitative estimate of drug-likeness (QED) is 0.562. The molecule has 0 aromatic carbocycles. The monoisotopic (exact) mass is 138 g/mol. The van der Waals surface area contributed by atoms with Gasteiger partial charge in [0.1, 0.15) is 0 Å². The number of nitrogens with zero attached hydrogens (tertiary/aromatic N) is 3. The standard InChI is InChI=1S/C5H6N4O/c1-9-2-7-3-4(6)8-10-5(3)9/h2H,1H3,(H2,6,8). The number of hydrogen-bond acceptors (Lipinski definition) is 4. The Labute approximate surface area is 56.4 Å². The second-order valence-corrected chi connectivity index (χ2v) is 2.08. The van der Waals surface area contributed by atoms with Gasteiger partial charge >= 0.3 is 0 Å². The summed E-state index contributed by atoms with van der Waals surface area (Å²) < 4.78 is 6.57. The lowest BCUT2D eigenvalue weighted by Gasteiger charge is -1.81. The van der Waals surface area contributed by atoms with Crippen LogP contribution in [-0.4, -0.2) is 14.7 Å². The van der Waals surface area contributed by atoms with Crippen LogP contribution in [0, 0.1) is 0 Å². The van der Waals surface area contributed by atoms with Gasteiger partial charge in [-0.3, -0.25) is 0 Å². The van der Waals surface area contributed by atoms with E-state index in [-0.39, 0.29) is 0 Å². The highest BCUT2D eigenvalue weighted by molar-refractivity contribution is 5.79. The fraction of sp³-hybridized carbons (Fsp3) is 0.200. The minimum Gasteiger partial charge on any atom is -0.379 e. The number of fused-ring (bicyclic) bond motifs is 1. The minimum atomic E-state index is 0.343. The number of nitrogens with two attached hydrogens (primary N) is 1. The Balaban J connectivity index is 2.95. The molecule has 52 valence electrons. The summed E-state index contributed by atoms with van der Waals surface area (Å²) in [7, 11) is 1.82. The average molecular weight is 138 g/mol. The van der Waals surface area contributed by atoms with E-state index in [0.717, 1.165) is 0 Å². The minimum absolute atomic E-state index is 0.343. The van der Waals surface area contributed by atoms with Crippen LogP contribution in [0.2, 0.25) is 0 Å². The molecular formula is C5H6N4O. The van der Waals surface area contributed by atoms with Crippen LogP contribution < -0.4 is 5.73 Å². The van der Waals surface area contributed by atoms with Crippen molar-refractivity contribution in [1.82, 2.24) is 14.7 Å². The summed E-state index contributed by atoms with van der Waals surface area (Å²) in [5.74, 6) is 0.343. The van der Waals surface area contributed by atoms with Crippen molar-refractivity contribution >= 4 is 17.0 Å². The van der Waals surface area contributed by atoms with E-state index in [1.807, 2.05) is 7.05 Å². The second-order valence-electron chi connectivity index (χ2n) is 2.08. The van der Waals surface area contributed by atoms with Gasteiger partial charge in [-0.1, -0.05) is 5.16 Å². The van der Waals surface area contributed by atoms with Crippen LogP contribution in [0.5, 0.6) is 0 Å². The zero-order valence-electron chi connectivity index (χ0n) is 5.40. The normalized spacial score (nSPS) is 10.9. The number of aromatic nitrogens is 3. The molecule has 0 unspecified atom stereocenters. The Morgan fingerprint density at radius 2 is 2.50 bits per heavy atom. The molecule has 2 N–H and O–H groups in total. The predicted octanol–water partition coefficient (Wildman–Crippen LogP) is 0.143.